The fourth-order valence-electron chi connectivity index (χ4n) is 2.29. The first-order valence-electron chi connectivity index (χ1n) is 6.25. The van der Waals surface area contributed by atoms with Gasteiger partial charge in [0.2, 0.25) is 0 Å². The van der Waals surface area contributed by atoms with E-state index in [-0.39, 0.29) is 10.9 Å². The summed E-state index contributed by atoms with van der Waals surface area (Å²) in [5.74, 6) is 0.195. The van der Waals surface area contributed by atoms with Gasteiger partial charge in [-0.05, 0) is 6.08 Å². The number of ether oxygens (including phenoxy) is 1. The minimum Gasteiger partial charge on any atom is -0.387 e. The van der Waals surface area contributed by atoms with Crippen molar-refractivity contribution >= 4 is 28.6 Å². The molecule has 9 nitrogen and oxygen atoms in total. The molecule has 0 unspecified atom stereocenters. The van der Waals surface area contributed by atoms with Gasteiger partial charge in [-0.25, -0.2) is 15.0 Å². The van der Waals surface area contributed by atoms with E-state index in [1.54, 1.807) is 6.07 Å². The van der Waals surface area contributed by atoms with Crippen molar-refractivity contribution in [2.45, 2.75) is 24.5 Å². The molecular formula is C12H11ClN6O3. The van der Waals surface area contributed by atoms with Gasteiger partial charge >= 0.3 is 0 Å². The molecule has 0 bridgehead atoms. The van der Waals surface area contributed by atoms with Gasteiger partial charge in [-0.15, -0.1) is 0 Å². The number of anilines is 1. The number of nitrogens with two attached hydrogens (primary N) is 1. The minimum absolute atomic E-state index is 0.140. The molecule has 1 aliphatic heterocycles. The number of hydrogen-bond donors (Lipinski definition) is 3. The van der Waals surface area contributed by atoms with Crippen molar-refractivity contribution in [3.8, 4) is 6.07 Å². The Morgan fingerprint density at radius 1 is 1.41 bits per heavy atom. The number of allylic oxidation sites excluding steroid dienone is 1. The van der Waals surface area contributed by atoms with Crippen molar-refractivity contribution in [2.75, 3.05) is 5.73 Å². The number of rotatable bonds is 2. The molecule has 114 valence electrons. The summed E-state index contributed by atoms with van der Waals surface area (Å²) >= 11 is 5.62. The number of fused-ring (bicyclic) bond motifs is 1. The average molecular weight is 323 g/mol. The normalized spacial score (nSPS) is 28.9. The SMILES string of the molecule is N#C/C(Cl)=C/[C@H]1O[C@@H](n2cnc3c(N)ncnc32)[C@H](O)[C@@H]1O. The summed E-state index contributed by atoms with van der Waals surface area (Å²) in [4.78, 5) is 11.9. The van der Waals surface area contributed by atoms with Crippen molar-refractivity contribution < 1.29 is 14.9 Å². The Hall–Kier alpha value is -2.25. The molecule has 4 N–H and O–H groups in total. The third-order valence-corrected chi connectivity index (χ3v) is 3.56. The van der Waals surface area contributed by atoms with Crippen LogP contribution < -0.4 is 5.73 Å². The Morgan fingerprint density at radius 2 is 2.18 bits per heavy atom. The molecule has 2 aromatic rings. The van der Waals surface area contributed by atoms with Crippen LogP contribution in [0.5, 0.6) is 0 Å². The van der Waals surface area contributed by atoms with Gasteiger partial charge in [0.05, 0.1) is 6.33 Å². The van der Waals surface area contributed by atoms with Gasteiger partial charge in [0.1, 0.15) is 41.3 Å². The van der Waals surface area contributed by atoms with Crippen LogP contribution in [0.2, 0.25) is 0 Å². The van der Waals surface area contributed by atoms with Crippen LogP contribution in [-0.2, 0) is 4.74 Å². The van der Waals surface area contributed by atoms with Crippen molar-refractivity contribution in [2.24, 2.45) is 0 Å². The Labute approximate surface area is 129 Å². The summed E-state index contributed by atoms with van der Waals surface area (Å²) in [7, 11) is 0. The molecule has 10 heteroatoms. The van der Waals surface area contributed by atoms with Crippen LogP contribution in [0.4, 0.5) is 5.82 Å². The number of aliphatic hydroxyl groups excluding tert-OH is 2. The maximum Gasteiger partial charge on any atom is 0.167 e. The molecule has 0 radical (unpaired) electrons. The lowest BCUT2D eigenvalue weighted by Gasteiger charge is -2.16. The molecular weight excluding hydrogens is 312 g/mol. The lowest BCUT2D eigenvalue weighted by atomic mass is 10.1. The lowest BCUT2D eigenvalue weighted by Crippen LogP contribution is -2.30. The summed E-state index contributed by atoms with van der Waals surface area (Å²) in [5.41, 5.74) is 6.42. The molecule has 22 heavy (non-hydrogen) atoms. The van der Waals surface area contributed by atoms with E-state index in [1.807, 2.05) is 0 Å². The second-order valence-corrected chi connectivity index (χ2v) is 5.09. The molecule has 4 atom stereocenters. The minimum atomic E-state index is -1.25. The van der Waals surface area contributed by atoms with E-state index in [0.29, 0.717) is 11.2 Å². The summed E-state index contributed by atoms with van der Waals surface area (Å²) in [6, 6.07) is 1.71. The molecule has 1 fully saturated rings. The molecule has 0 aromatic carbocycles. The maximum absolute atomic E-state index is 10.2. The van der Waals surface area contributed by atoms with Crippen LogP contribution in [0.15, 0.2) is 23.8 Å². The summed E-state index contributed by atoms with van der Waals surface area (Å²) < 4.78 is 7.00. The molecule has 0 spiro atoms. The van der Waals surface area contributed by atoms with E-state index in [4.69, 9.17) is 27.3 Å². The Morgan fingerprint density at radius 3 is 2.91 bits per heavy atom. The van der Waals surface area contributed by atoms with Gasteiger partial charge in [-0.1, -0.05) is 11.6 Å². The van der Waals surface area contributed by atoms with Gasteiger partial charge in [0.25, 0.3) is 0 Å². The number of nitriles is 1. The van der Waals surface area contributed by atoms with Crippen LogP contribution in [0, 0.1) is 11.3 Å². The van der Waals surface area contributed by atoms with Crippen LogP contribution in [0.25, 0.3) is 11.2 Å². The molecule has 0 saturated carbocycles. The number of halogens is 1. The predicted molar refractivity (Wildman–Crippen MR) is 75.2 cm³/mol. The monoisotopic (exact) mass is 322 g/mol. The molecule has 0 amide bonds. The Bertz CT molecular complexity index is 785. The van der Waals surface area contributed by atoms with E-state index in [2.05, 4.69) is 15.0 Å². The van der Waals surface area contributed by atoms with Crippen molar-refractivity contribution in [3.05, 3.63) is 23.8 Å². The highest BCUT2D eigenvalue weighted by molar-refractivity contribution is 6.31. The first-order chi connectivity index (χ1) is 10.5. The highest BCUT2D eigenvalue weighted by atomic mass is 35.5. The number of nitrogens with zero attached hydrogens (tertiary/aromatic N) is 5. The number of hydrogen-bond acceptors (Lipinski definition) is 8. The molecule has 1 saturated heterocycles. The zero-order valence-corrected chi connectivity index (χ0v) is 11.8. The topological polar surface area (TPSA) is 143 Å². The number of imidazole rings is 1. The Kier molecular flexibility index (Phi) is 3.67. The first-order valence-corrected chi connectivity index (χ1v) is 6.62. The van der Waals surface area contributed by atoms with E-state index in [1.165, 1.54) is 23.3 Å². The van der Waals surface area contributed by atoms with Crippen LogP contribution in [0.1, 0.15) is 6.23 Å². The van der Waals surface area contributed by atoms with Crippen molar-refractivity contribution in [1.29, 1.82) is 5.26 Å². The number of aromatic nitrogens is 4. The standard InChI is InChI=1S/C12H11ClN6O3/c13-5(2-14)1-6-8(20)9(21)12(22-6)19-4-18-7-10(15)16-3-17-11(7)19/h1,3-4,6,8-9,12,20-21H,(H2,15,16,17)/b5-1-/t6-,8-,9-,12-/m1/s1. The van der Waals surface area contributed by atoms with Crippen LogP contribution in [-0.4, -0.2) is 48.0 Å². The van der Waals surface area contributed by atoms with Crippen LogP contribution in [0.3, 0.4) is 0 Å². The van der Waals surface area contributed by atoms with E-state index in [9.17, 15) is 10.2 Å². The zero-order chi connectivity index (χ0) is 15.9. The summed E-state index contributed by atoms with van der Waals surface area (Å²) in [6.45, 7) is 0. The Balaban J connectivity index is 1.98. The number of nitrogen functional groups attached to an aromatic ring is 1. The fourth-order valence-corrected chi connectivity index (χ4v) is 2.41. The summed E-state index contributed by atoms with van der Waals surface area (Å²) in [6.07, 6.45) is -0.492. The van der Waals surface area contributed by atoms with E-state index in [0.717, 1.165) is 0 Å². The molecule has 1 aliphatic rings. The fraction of sp³-hybridized carbons (Fsp3) is 0.333. The summed E-state index contributed by atoms with van der Waals surface area (Å²) in [5, 5.41) is 28.7. The molecule has 3 rings (SSSR count). The maximum atomic E-state index is 10.2. The molecule has 3 heterocycles. The third-order valence-electron chi connectivity index (χ3n) is 3.35. The van der Waals surface area contributed by atoms with Crippen molar-refractivity contribution in [1.82, 2.24) is 19.5 Å². The molecule has 0 aliphatic carbocycles. The largest absolute Gasteiger partial charge is 0.387 e. The van der Waals surface area contributed by atoms with Gasteiger partial charge in [-0.2, -0.15) is 5.26 Å². The first kappa shape index (κ1) is 14.7. The lowest BCUT2D eigenvalue weighted by molar-refractivity contribution is -0.0245. The van der Waals surface area contributed by atoms with Gasteiger partial charge in [0, 0.05) is 0 Å². The van der Waals surface area contributed by atoms with E-state index >= 15 is 0 Å². The van der Waals surface area contributed by atoms with Crippen molar-refractivity contribution in [3.63, 3.8) is 0 Å². The highest BCUT2D eigenvalue weighted by Gasteiger charge is 2.43. The van der Waals surface area contributed by atoms with Crippen LogP contribution >= 0.6 is 11.6 Å². The second kappa shape index (κ2) is 5.51. The van der Waals surface area contributed by atoms with Gasteiger partial charge in [-0.3, -0.25) is 4.57 Å². The third kappa shape index (κ3) is 2.28. The smallest absolute Gasteiger partial charge is 0.167 e. The van der Waals surface area contributed by atoms with Gasteiger partial charge < -0.3 is 20.7 Å². The second-order valence-electron chi connectivity index (χ2n) is 4.68. The van der Waals surface area contributed by atoms with E-state index < -0.39 is 24.5 Å². The highest BCUT2D eigenvalue weighted by Crippen LogP contribution is 2.33. The number of aliphatic hydroxyl groups is 2. The average Bonchev–Trinajstić information content (AvgIpc) is 3.05. The predicted octanol–water partition coefficient (Wildman–Crippen LogP) is -0.326. The van der Waals surface area contributed by atoms with Gasteiger partial charge in [0.15, 0.2) is 17.7 Å². The quantitative estimate of drug-likeness (QED) is 0.638. The zero-order valence-electron chi connectivity index (χ0n) is 11.0. The molecule has 2 aromatic heterocycles.